The number of nitriles is 1. The fourth-order valence-corrected chi connectivity index (χ4v) is 3.41. The average molecular weight is 325 g/mol. The van der Waals surface area contributed by atoms with Crippen LogP contribution in [-0.2, 0) is 4.79 Å². The monoisotopic (exact) mass is 325 g/mol. The van der Waals surface area contributed by atoms with E-state index in [-0.39, 0.29) is 11.2 Å². The Hall–Kier alpha value is -2.32. The molecule has 4 nitrogen and oxygen atoms in total. The van der Waals surface area contributed by atoms with Crippen LogP contribution in [0.5, 0.6) is 0 Å². The molecule has 0 saturated carbocycles. The van der Waals surface area contributed by atoms with Crippen LogP contribution < -0.4 is 4.90 Å². The van der Waals surface area contributed by atoms with Crippen LogP contribution in [-0.4, -0.2) is 23.2 Å². The zero-order valence-electron chi connectivity index (χ0n) is 13.7. The third-order valence-electron chi connectivity index (χ3n) is 3.53. The largest absolute Gasteiger partial charge is 0.315 e. The molecule has 0 aliphatic carbocycles. The number of pyridine rings is 1. The van der Waals surface area contributed by atoms with Gasteiger partial charge in [0.05, 0.1) is 10.8 Å². The zero-order chi connectivity index (χ0) is 17.0. The summed E-state index contributed by atoms with van der Waals surface area (Å²) in [5, 5.41) is 9.62. The van der Waals surface area contributed by atoms with Crippen molar-refractivity contribution in [3.05, 3.63) is 53.2 Å². The number of carbonyl (C=O) groups is 1. The summed E-state index contributed by atoms with van der Waals surface area (Å²) in [6.07, 6.45) is 0. The van der Waals surface area contributed by atoms with Gasteiger partial charge in [-0.25, -0.2) is 4.98 Å². The number of amides is 1. The lowest BCUT2D eigenvalue weighted by Gasteiger charge is -2.21. The minimum Gasteiger partial charge on any atom is -0.315 e. The first-order valence-corrected chi connectivity index (χ1v) is 8.19. The van der Waals surface area contributed by atoms with E-state index in [4.69, 9.17) is 0 Å². The van der Waals surface area contributed by atoms with Crippen LogP contribution in [0, 0.1) is 25.2 Å². The Morgan fingerprint density at radius 2 is 1.96 bits per heavy atom. The van der Waals surface area contributed by atoms with E-state index >= 15 is 0 Å². The van der Waals surface area contributed by atoms with Crippen molar-refractivity contribution >= 4 is 23.4 Å². The number of rotatable bonds is 4. The van der Waals surface area contributed by atoms with Crippen molar-refractivity contribution in [1.29, 1.82) is 5.26 Å². The lowest BCUT2D eigenvalue weighted by Crippen LogP contribution is -2.33. The first kappa shape index (κ1) is 17.0. The molecule has 23 heavy (non-hydrogen) atoms. The van der Waals surface area contributed by atoms with E-state index in [1.165, 1.54) is 11.8 Å². The number of anilines is 1. The van der Waals surface area contributed by atoms with Gasteiger partial charge in [-0.15, -0.1) is 0 Å². The molecule has 0 spiro atoms. The number of para-hydroxylation sites is 1. The standard InChI is InChI=1S/C18H19N3OS/c1-12-10-13(2)20-17(16(12)11-19)23-14(3)18(22)21(4)15-8-6-5-7-9-15/h5-10,14H,1-4H3/t14-/m1/s1. The van der Waals surface area contributed by atoms with Gasteiger partial charge in [-0.05, 0) is 44.5 Å². The second-order valence-electron chi connectivity index (χ2n) is 5.37. The first-order chi connectivity index (χ1) is 10.9. The highest BCUT2D eigenvalue weighted by Gasteiger charge is 2.22. The fraction of sp³-hybridized carbons (Fsp3) is 0.278. The zero-order valence-corrected chi connectivity index (χ0v) is 14.5. The molecule has 0 bridgehead atoms. The number of thioether (sulfide) groups is 1. The summed E-state index contributed by atoms with van der Waals surface area (Å²) in [6.45, 7) is 5.62. The van der Waals surface area contributed by atoms with Crippen molar-refractivity contribution in [3.8, 4) is 6.07 Å². The van der Waals surface area contributed by atoms with Crippen LogP contribution in [0.2, 0.25) is 0 Å². The smallest absolute Gasteiger partial charge is 0.239 e. The molecule has 0 N–H and O–H groups in total. The summed E-state index contributed by atoms with van der Waals surface area (Å²) in [6, 6.07) is 13.6. The SMILES string of the molecule is Cc1cc(C)c(C#N)c(S[C@H](C)C(=O)N(C)c2ccccc2)n1. The Morgan fingerprint density at radius 1 is 1.30 bits per heavy atom. The number of carbonyl (C=O) groups excluding carboxylic acids is 1. The number of hydrogen-bond donors (Lipinski definition) is 0. The highest BCUT2D eigenvalue weighted by Crippen LogP contribution is 2.28. The van der Waals surface area contributed by atoms with E-state index in [0.717, 1.165) is 16.9 Å². The molecule has 5 heteroatoms. The van der Waals surface area contributed by atoms with Crippen LogP contribution in [0.1, 0.15) is 23.7 Å². The van der Waals surface area contributed by atoms with Gasteiger partial charge in [0.15, 0.2) is 0 Å². The van der Waals surface area contributed by atoms with E-state index in [2.05, 4.69) is 11.1 Å². The Bertz CT molecular complexity index is 753. The van der Waals surface area contributed by atoms with Gasteiger partial charge in [0, 0.05) is 18.4 Å². The number of nitrogens with zero attached hydrogens (tertiary/aromatic N) is 3. The molecule has 0 aliphatic rings. The van der Waals surface area contributed by atoms with E-state index in [1.807, 2.05) is 57.2 Å². The second-order valence-corrected chi connectivity index (χ2v) is 6.69. The van der Waals surface area contributed by atoms with Crippen molar-refractivity contribution in [1.82, 2.24) is 4.98 Å². The molecule has 0 aliphatic heterocycles. The maximum absolute atomic E-state index is 12.6. The summed E-state index contributed by atoms with van der Waals surface area (Å²) in [5.41, 5.74) is 3.13. The van der Waals surface area contributed by atoms with Gasteiger partial charge in [0.2, 0.25) is 5.91 Å². The topological polar surface area (TPSA) is 57.0 Å². The number of aryl methyl sites for hydroxylation is 2. The highest BCUT2D eigenvalue weighted by molar-refractivity contribution is 8.00. The van der Waals surface area contributed by atoms with Gasteiger partial charge in [-0.2, -0.15) is 5.26 Å². The lowest BCUT2D eigenvalue weighted by molar-refractivity contribution is -0.117. The van der Waals surface area contributed by atoms with Crippen molar-refractivity contribution < 1.29 is 4.79 Å². The van der Waals surface area contributed by atoms with Gasteiger partial charge in [0.1, 0.15) is 11.1 Å². The van der Waals surface area contributed by atoms with Gasteiger partial charge in [-0.3, -0.25) is 4.79 Å². The number of hydrogen-bond acceptors (Lipinski definition) is 4. The lowest BCUT2D eigenvalue weighted by atomic mass is 10.1. The first-order valence-electron chi connectivity index (χ1n) is 7.31. The van der Waals surface area contributed by atoms with Crippen LogP contribution >= 0.6 is 11.8 Å². The van der Waals surface area contributed by atoms with Crippen molar-refractivity contribution in [3.63, 3.8) is 0 Å². The molecule has 0 saturated heterocycles. The van der Waals surface area contributed by atoms with Crippen molar-refractivity contribution in [2.24, 2.45) is 0 Å². The van der Waals surface area contributed by atoms with Crippen molar-refractivity contribution in [2.75, 3.05) is 11.9 Å². The molecule has 1 heterocycles. The van der Waals surface area contributed by atoms with Crippen LogP contribution in [0.4, 0.5) is 5.69 Å². The molecule has 1 aromatic carbocycles. The Labute approximate surface area is 141 Å². The minimum atomic E-state index is -0.332. The summed E-state index contributed by atoms with van der Waals surface area (Å²) in [5.74, 6) is -0.0222. The maximum Gasteiger partial charge on any atom is 0.239 e. The third-order valence-corrected chi connectivity index (χ3v) is 4.61. The predicted octanol–water partition coefficient (Wildman–Crippen LogP) is 3.71. The average Bonchev–Trinajstić information content (AvgIpc) is 2.54. The molecule has 1 amide bonds. The van der Waals surface area contributed by atoms with E-state index < -0.39 is 0 Å². The van der Waals surface area contributed by atoms with Crippen LogP contribution in [0.3, 0.4) is 0 Å². The molecule has 1 atom stereocenters. The summed E-state index contributed by atoms with van der Waals surface area (Å²) in [7, 11) is 1.76. The Morgan fingerprint density at radius 3 is 2.57 bits per heavy atom. The molecule has 0 unspecified atom stereocenters. The van der Waals surface area contributed by atoms with E-state index in [0.29, 0.717) is 10.6 Å². The molecule has 2 rings (SSSR count). The second kappa shape index (κ2) is 7.30. The van der Waals surface area contributed by atoms with Crippen molar-refractivity contribution in [2.45, 2.75) is 31.0 Å². The minimum absolute atomic E-state index is 0.0222. The van der Waals surface area contributed by atoms with Gasteiger partial charge in [0.25, 0.3) is 0 Å². The highest BCUT2D eigenvalue weighted by atomic mass is 32.2. The molecule has 118 valence electrons. The summed E-state index contributed by atoms with van der Waals surface area (Å²) < 4.78 is 0. The quantitative estimate of drug-likeness (QED) is 0.804. The Balaban J connectivity index is 2.21. The molecule has 1 aromatic heterocycles. The third kappa shape index (κ3) is 3.91. The number of benzene rings is 1. The fourth-order valence-electron chi connectivity index (χ4n) is 2.29. The number of aromatic nitrogens is 1. The predicted molar refractivity (Wildman–Crippen MR) is 93.6 cm³/mol. The van der Waals surface area contributed by atoms with E-state index in [1.54, 1.807) is 11.9 Å². The molecule has 2 aromatic rings. The van der Waals surface area contributed by atoms with E-state index in [9.17, 15) is 10.1 Å². The molecule has 0 fully saturated rings. The molecular formula is C18H19N3OS. The van der Waals surface area contributed by atoms with Crippen LogP contribution in [0.25, 0.3) is 0 Å². The summed E-state index contributed by atoms with van der Waals surface area (Å²) in [4.78, 5) is 18.7. The van der Waals surface area contributed by atoms with Crippen LogP contribution in [0.15, 0.2) is 41.4 Å². The summed E-state index contributed by atoms with van der Waals surface area (Å²) >= 11 is 1.33. The maximum atomic E-state index is 12.6. The molecular weight excluding hydrogens is 306 g/mol. The normalized spacial score (nSPS) is 11.6. The molecule has 0 radical (unpaired) electrons. The van der Waals surface area contributed by atoms with Gasteiger partial charge in [-0.1, -0.05) is 30.0 Å². The van der Waals surface area contributed by atoms with Gasteiger partial charge < -0.3 is 4.90 Å². The Kier molecular flexibility index (Phi) is 5.41. The van der Waals surface area contributed by atoms with Gasteiger partial charge >= 0.3 is 0 Å².